The van der Waals surface area contributed by atoms with E-state index in [1.165, 1.54) is 0 Å². The molecular weight excluding hydrogens is 240 g/mol. The predicted molar refractivity (Wildman–Crippen MR) is 73.9 cm³/mol. The maximum absolute atomic E-state index is 12.0. The van der Waals surface area contributed by atoms with Gasteiger partial charge in [-0.3, -0.25) is 9.69 Å². The molecule has 19 heavy (non-hydrogen) atoms. The van der Waals surface area contributed by atoms with E-state index in [9.17, 15) is 4.79 Å². The summed E-state index contributed by atoms with van der Waals surface area (Å²) in [5, 5.41) is 8.62. The summed E-state index contributed by atoms with van der Waals surface area (Å²) in [5.74, 6) is 0.139. The molecule has 0 heterocycles. The number of carbonyl (C=O) groups excluding carboxylic acids is 1. The standard InChI is InChI=1S/C15H20N2O2/c1-19-13-12-17(10-5-9-16)11-8-15(18)14-6-3-2-4-7-14/h2-4,6-7H,5,8,10-13H2,1H3. The van der Waals surface area contributed by atoms with Crippen molar-refractivity contribution in [3.63, 3.8) is 0 Å². The van der Waals surface area contributed by atoms with Crippen LogP contribution in [0, 0.1) is 11.3 Å². The highest BCUT2D eigenvalue weighted by Crippen LogP contribution is 2.04. The van der Waals surface area contributed by atoms with Gasteiger partial charge in [-0.05, 0) is 0 Å². The van der Waals surface area contributed by atoms with Gasteiger partial charge in [0.25, 0.3) is 0 Å². The molecular formula is C15H20N2O2. The number of ketones is 1. The van der Waals surface area contributed by atoms with Crippen molar-refractivity contribution in [1.82, 2.24) is 4.90 Å². The molecule has 0 saturated heterocycles. The predicted octanol–water partition coefficient (Wildman–Crippen LogP) is 2.12. The van der Waals surface area contributed by atoms with Crippen LogP contribution >= 0.6 is 0 Å². The first-order chi connectivity index (χ1) is 9.27. The Morgan fingerprint density at radius 2 is 2.00 bits per heavy atom. The Hall–Kier alpha value is -1.70. The van der Waals surface area contributed by atoms with E-state index in [1.807, 2.05) is 30.3 Å². The average Bonchev–Trinajstić information content (AvgIpc) is 2.47. The Bertz CT molecular complexity index is 412. The summed E-state index contributed by atoms with van der Waals surface area (Å²) < 4.78 is 5.03. The molecule has 1 aromatic rings. The number of methoxy groups -OCH3 is 1. The first-order valence-electron chi connectivity index (χ1n) is 6.44. The number of carbonyl (C=O) groups is 1. The lowest BCUT2D eigenvalue weighted by Crippen LogP contribution is -2.30. The lowest BCUT2D eigenvalue weighted by molar-refractivity contribution is 0.0950. The number of hydrogen-bond acceptors (Lipinski definition) is 4. The van der Waals surface area contributed by atoms with Gasteiger partial charge in [0.1, 0.15) is 0 Å². The SMILES string of the molecule is COCCN(CCC#N)CCC(=O)c1ccccc1. The number of benzene rings is 1. The van der Waals surface area contributed by atoms with Crippen molar-refractivity contribution in [2.45, 2.75) is 12.8 Å². The molecule has 0 atom stereocenters. The van der Waals surface area contributed by atoms with E-state index in [2.05, 4.69) is 11.0 Å². The van der Waals surface area contributed by atoms with Gasteiger partial charge in [-0.1, -0.05) is 30.3 Å². The van der Waals surface area contributed by atoms with E-state index in [-0.39, 0.29) is 5.78 Å². The molecule has 0 saturated carbocycles. The molecule has 0 aliphatic carbocycles. The number of hydrogen-bond donors (Lipinski definition) is 0. The monoisotopic (exact) mass is 260 g/mol. The van der Waals surface area contributed by atoms with Gasteiger partial charge in [-0.2, -0.15) is 5.26 Å². The van der Waals surface area contributed by atoms with Crippen LogP contribution in [0.2, 0.25) is 0 Å². The molecule has 102 valence electrons. The fourth-order valence-corrected chi connectivity index (χ4v) is 1.79. The van der Waals surface area contributed by atoms with Crippen LogP contribution in [-0.4, -0.2) is 44.0 Å². The van der Waals surface area contributed by atoms with Gasteiger partial charge in [0, 0.05) is 45.1 Å². The molecule has 0 aromatic heterocycles. The Morgan fingerprint density at radius 3 is 2.63 bits per heavy atom. The van der Waals surface area contributed by atoms with Gasteiger partial charge < -0.3 is 4.74 Å². The number of ether oxygens (including phenoxy) is 1. The molecule has 0 aliphatic rings. The highest BCUT2D eigenvalue weighted by Gasteiger charge is 2.09. The summed E-state index contributed by atoms with van der Waals surface area (Å²) in [6, 6.07) is 11.4. The first kappa shape index (κ1) is 15.4. The summed E-state index contributed by atoms with van der Waals surface area (Å²) in [5.41, 5.74) is 0.745. The van der Waals surface area contributed by atoms with Crippen molar-refractivity contribution in [3.05, 3.63) is 35.9 Å². The Morgan fingerprint density at radius 1 is 1.26 bits per heavy atom. The molecule has 0 radical (unpaired) electrons. The van der Waals surface area contributed by atoms with E-state index in [4.69, 9.17) is 10.00 Å². The van der Waals surface area contributed by atoms with E-state index >= 15 is 0 Å². The largest absolute Gasteiger partial charge is 0.383 e. The maximum atomic E-state index is 12.0. The van der Waals surface area contributed by atoms with Crippen molar-refractivity contribution in [3.8, 4) is 6.07 Å². The topological polar surface area (TPSA) is 53.3 Å². The molecule has 1 aromatic carbocycles. The molecule has 0 fully saturated rings. The summed E-state index contributed by atoms with van der Waals surface area (Å²) in [6.45, 7) is 2.71. The number of nitrogens with zero attached hydrogens (tertiary/aromatic N) is 2. The zero-order valence-corrected chi connectivity index (χ0v) is 11.3. The van der Waals surface area contributed by atoms with Gasteiger partial charge in [0.05, 0.1) is 12.7 Å². The second-order valence-electron chi connectivity index (χ2n) is 4.28. The Kier molecular flexibility index (Phi) is 7.48. The lowest BCUT2D eigenvalue weighted by Gasteiger charge is -2.20. The quantitative estimate of drug-likeness (QED) is 0.638. The first-order valence-corrected chi connectivity index (χ1v) is 6.44. The normalized spacial score (nSPS) is 10.4. The second kappa shape index (κ2) is 9.26. The molecule has 1 rings (SSSR count). The van der Waals surface area contributed by atoms with Gasteiger partial charge in [0.15, 0.2) is 5.78 Å². The average molecular weight is 260 g/mol. The minimum atomic E-state index is 0.139. The van der Waals surface area contributed by atoms with Gasteiger partial charge in [0.2, 0.25) is 0 Å². The highest BCUT2D eigenvalue weighted by atomic mass is 16.5. The second-order valence-corrected chi connectivity index (χ2v) is 4.28. The van der Waals surface area contributed by atoms with Gasteiger partial charge in [-0.25, -0.2) is 0 Å². The Labute approximate surface area is 114 Å². The van der Waals surface area contributed by atoms with Crippen molar-refractivity contribution >= 4 is 5.78 Å². The van der Waals surface area contributed by atoms with Crippen LogP contribution in [0.3, 0.4) is 0 Å². The molecule has 0 spiro atoms. The fraction of sp³-hybridized carbons (Fsp3) is 0.467. The number of nitriles is 1. The lowest BCUT2D eigenvalue weighted by atomic mass is 10.1. The molecule has 0 unspecified atom stereocenters. The third-order valence-electron chi connectivity index (χ3n) is 2.90. The third kappa shape index (κ3) is 6.14. The van der Waals surface area contributed by atoms with Gasteiger partial charge in [-0.15, -0.1) is 0 Å². The maximum Gasteiger partial charge on any atom is 0.164 e. The van der Waals surface area contributed by atoms with Crippen LogP contribution in [0.1, 0.15) is 23.2 Å². The van der Waals surface area contributed by atoms with E-state index in [0.717, 1.165) is 12.1 Å². The van der Waals surface area contributed by atoms with Crippen molar-refractivity contribution in [2.75, 3.05) is 33.4 Å². The zero-order valence-electron chi connectivity index (χ0n) is 11.3. The molecule has 4 heteroatoms. The minimum absolute atomic E-state index is 0.139. The summed E-state index contributed by atoms with van der Waals surface area (Å²) in [7, 11) is 1.65. The smallest absolute Gasteiger partial charge is 0.164 e. The highest BCUT2D eigenvalue weighted by molar-refractivity contribution is 5.96. The van der Waals surface area contributed by atoms with Crippen molar-refractivity contribution < 1.29 is 9.53 Å². The van der Waals surface area contributed by atoms with Crippen LogP contribution in [0.15, 0.2) is 30.3 Å². The van der Waals surface area contributed by atoms with E-state index < -0.39 is 0 Å². The third-order valence-corrected chi connectivity index (χ3v) is 2.90. The van der Waals surface area contributed by atoms with Crippen LogP contribution < -0.4 is 0 Å². The van der Waals surface area contributed by atoms with Crippen molar-refractivity contribution in [2.24, 2.45) is 0 Å². The van der Waals surface area contributed by atoms with Crippen LogP contribution in [0.25, 0.3) is 0 Å². The summed E-state index contributed by atoms with van der Waals surface area (Å²) in [4.78, 5) is 14.1. The molecule has 0 amide bonds. The van der Waals surface area contributed by atoms with E-state index in [0.29, 0.717) is 32.5 Å². The summed E-state index contributed by atoms with van der Waals surface area (Å²) in [6.07, 6.45) is 0.947. The Balaban J connectivity index is 2.42. The minimum Gasteiger partial charge on any atom is -0.383 e. The molecule has 0 N–H and O–H groups in total. The van der Waals surface area contributed by atoms with Crippen LogP contribution in [0.4, 0.5) is 0 Å². The van der Waals surface area contributed by atoms with Crippen LogP contribution in [-0.2, 0) is 4.74 Å². The number of Topliss-reactive ketones (excluding diaryl/α,β-unsaturated/α-hetero) is 1. The molecule has 0 aliphatic heterocycles. The molecule has 0 bridgehead atoms. The number of rotatable bonds is 9. The zero-order chi connectivity index (χ0) is 13.9. The summed E-state index contributed by atoms with van der Waals surface area (Å²) >= 11 is 0. The van der Waals surface area contributed by atoms with Crippen LogP contribution in [0.5, 0.6) is 0 Å². The van der Waals surface area contributed by atoms with E-state index in [1.54, 1.807) is 7.11 Å². The fourth-order valence-electron chi connectivity index (χ4n) is 1.79. The van der Waals surface area contributed by atoms with Gasteiger partial charge >= 0.3 is 0 Å². The molecule has 4 nitrogen and oxygen atoms in total. The van der Waals surface area contributed by atoms with Crippen molar-refractivity contribution in [1.29, 1.82) is 5.26 Å².